The summed E-state index contributed by atoms with van der Waals surface area (Å²) in [4.78, 5) is 35.1. The molecule has 1 aromatic carbocycles. The van der Waals surface area contributed by atoms with E-state index in [1.807, 2.05) is 31.2 Å². The van der Waals surface area contributed by atoms with Gasteiger partial charge in [-0.05, 0) is 19.1 Å². The van der Waals surface area contributed by atoms with Crippen LogP contribution >= 0.6 is 0 Å². The molecule has 0 bridgehead atoms. The van der Waals surface area contributed by atoms with Gasteiger partial charge in [0.2, 0.25) is 12.4 Å². The normalized spacial score (nSPS) is 14.0. The van der Waals surface area contributed by atoms with Crippen LogP contribution < -0.4 is 10.1 Å². The van der Waals surface area contributed by atoms with E-state index in [4.69, 9.17) is 4.74 Å². The fraction of sp³-hybridized carbons (Fsp3) is 0.333. The first kappa shape index (κ1) is 17.7. The summed E-state index contributed by atoms with van der Waals surface area (Å²) in [5, 5.41) is 3.10. The molecule has 1 aliphatic heterocycles. The number of hydrogen-bond acceptors (Lipinski definition) is 6. The van der Waals surface area contributed by atoms with Gasteiger partial charge in [-0.15, -0.1) is 0 Å². The lowest BCUT2D eigenvalue weighted by atomic mass is 10.2. The van der Waals surface area contributed by atoms with Crippen LogP contribution in [0, 0.1) is 0 Å². The Bertz CT molecular complexity index is 758. The highest BCUT2D eigenvalue weighted by Gasteiger charge is 2.21. The van der Waals surface area contributed by atoms with E-state index < -0.39 is 0 Å². The minimum absolute atomic E-state index is 0.128. The van der Waals surface area contributed by atoms with Crippen molar-refractivity contribution >= 4 is 24.0 Å². The van der Waals surface area contributed by atoms with Crippen LogP contribution in [0.2, 0.25) is 0 Å². The average Bonchev–Trinajstić information content (AvgIpc) is 2.70. The van der Waals surface area contributed by atoms with E-state index in [1.54, 1.807) is 9.80 Å². The Morgan fingerprint density at radius 2 is 1.88 bits per heavy atom. The monoisotopic (exact) mass is 355 g/mol. The molecular weight excluding hydrogens is 334 g/mol. The Morgan fingerprint density at radius 3 is 2.54 bits per heavy atom. The van der Waals surface area contributed by atoms with E-state index in [-0.39, 0.29) is 5.91 Å². The number of benzene rings is 1. The van der Waals surface area contributed by atoms with Crippen LogP contribution in [0.4, 0.5) is 11.6 Å². The molecule has 1 fully saturated rings. The van der Waals surface area contributed by atoms with Crippen LogP contribution in [-0.2, 0) is 4.79 Å². The van der Waals surface area contributed by atoms with Crippen LogP contribution in [0.15, 0.2) is 36.7 Å². The number of piperazine rings is 1. The van der Waals surface area contributed by atoms with Crippen molar-refractivity contribution in [2.24, 2.45) is 0 Å². The largest absolute Gasteiger partial charge is 0.492 e. The third-order valence-electron chi connectivity index (χ3n) is 4.08. The number of nitrogens with zero attached hydrogens (tertiary/aromatic N) is 4. The van der Waals surface area contributed by atoms with Crippen LogP contribution in [-0.4, -0.2) is 64.9 Å². The van der Waals surface area contributed by atoms with Crippen molar-refractivity contribution in [2.75, 3.05) is 38.1 Å². The van der Waals surface area contributed by atoms with Crippen molar-refractivity contribution in [3.8, 4) is 5.75 Å². The first-order valence-electron chi connectivity index (χ1n) is 8.50. The Morgan fingerprint density at radius 1 is 1.19 bits per heavy atom. The molecule has 8 heteroatoms. The predicted molar refractivity (Wildman–Crippen MR) is 96.5 cm³/mol. The van der Waals surface area contributed by atoms with Gasteiger partial charge >= 0.3 is 0 Å². The molecule has 1 aromatic heterocycles. The Hall–Kier alpha value is -3.16. The van der Waals surface area contributed by atoms with Crippen molar-refractivity contribution in [3.63, 3.8) is 0 Å². The van der Waals surface area contributed by atoms with Crippen molar-refractivity contribution in [1.82, 2.24) is 19.8 Å². The summed E-state index contributed by atoms with van der Waals surface area (Å²) in [6, 6.07) is 7.52. The highest BCUT2D eigenvalue weighted by Crippen LogP contribution is 2.25. The van der Waals surface area contributed by atoms with Gasteiger partial charge in [-0.3, -0.25) is 9.59 Å². The number of amides is 2. The second-order valence-electron chi connectivity index (χ2n) is 5.78. The first-order valence-corrected chi connectivity index (χ1v) is 8.50. The number of carbonyl (C=O) groups excluding carboxylic acids is 2. The third-order valence-corrected chi connectivity index (χ3v) is 4.08. The lowest BCUT2D eigenvalue weighted by molar-refractivity contribution is -0.119. The Labute approximate surface area is 151 Å². The van der Waals surface area contributed by atoms with E-state index in [9.17, 15) is 9.59 Å². The summed E-state index contributed by atoms with van der Waals surface area (Å²) in [7, 11) is 0. The van der Waals surface area contributed by atoms with Crippen LogP contribution in [0.3, 0.4) is 0 Å². The van der Waals surface area contributed by atoms with Gasteiger partial charge in [0.1, 0.15) is 5.75 Å². The van der Waals surface area contributed by atoms with Gasteiger partial charge in [0.15, 0.2) is 0 Å². The van der Waals surface area contributed by atoms with E-state index in [0.29, 0.717) is 50.0 Å². The highest BCUT2D eigenvalue weighted by atomic mass is 16.5. The van der Waals surface area contributed by atoms with Crippen molar-refractivity contribution < 1.29 is 14.3 Å². The van der Waals surface area contributed by atoms with Gasteiger partial charge in [0, 0.05) is 38.6 Å². The maximum Gasteiger partial charge on any atom is 0.257 e. The summed E-state index contributed by atoms with van der Waals surface area (Å²) in [5.41, 5.74) is 1.19. The quantitative estimate of drug-likeness (QED) is 0.791. The molecule has 0 radical (unpaired) electrons. The molecule has 8 nitrogen and oxygen atoms in total. The van der Waals surface area contributed by atoms with Gasteiger partial charge in [0.25, 0.3) is 5.91 Å². The van der Waals surface area contributed by atoms with Crippen LogP contribution in [0.1, 0.15) is 17.3 Å². The number of hydrogen-bond donors (Lipinski definition) is 1. The zero-order valence-electron chi connectivity index (χ0n) is 14.6. The summed E-state index contributed by atoms with van der Waals surface area (Å²) in [5.74, 6) is 0.975. The lowest BCUT2D eigenvalue weighted by Crippen LogP contribution is -2.48. The summed E-state index contributed by atoms with van der Waals surface area (Å²) in [6.45, 7) is 4.60. The minimum atomic E-state index is -0.128. The molecule has 1 N–H and O–H groups in total. The van der Waals surface area contributed by atoms with Gasteiger partial charge in [-0.2, -0.15) is 0 Å². The fourth-order valence-electron chi connectivity index (χ4n) is 2.69. The SMILES string of the molecule is CCOc1ccccc1Nc1ncc(C(=O)N2CCN(C=O)CC2)cn1. The summed E-state index contributed by atoms with van der Waals surface area (Å²) < 4.78 is 5.56. The van der Waals surface area contributed by atoms with Crippen LogP contribution in [0.25, 0.3) is 0 Å². The maximum absolute atomic E-state index is 12.5. The van der Waals surface area contributed by atoms with Gasteiger partial charge in [-0.25, -0.2) is 9.97 Å². The molecule has 3 rings (SSSR count). The fourth-order valence-corrected chi connectivity index (χ4v) is 2.69. The number of rotatable bonds is 6. The standard InChI is InChI=1S/C18H21N5O3/c1-2-26-16-6-4-3-5-15(16)21-18-19-11-14(12-20-18)17(25)23-9-7-22(13-24)8-10-23/h3-6,11-13H,2,7-10H2,1H3,(H,19,20,21). The van der Waals surface area contributed by atoms with E-state index >= 15 is 0 Å². The molecule has 0 unspecified atom stereocenters. The Kier molecular flexibility index (Phi) is 5.62. The zero-order valence-corrected chi connectivity index (χ0v) is 14.6. The van der Waals surface area contributed by atoms with Gasteiger partial charge in [0.05, 0.1) is 17.9 Å². The zero-order chi connectivity index (χ0) is 18.4. The average molecular weight is 355 g/mol. The molecule has 1 saturated heterocycles. The van der Waals surface area contributed by atoms with Gasteiger partial charge in [-0.1, -0.05) is 12.1 Å². The molecule has 0 saturated carbocycles. The van der Waals surface area contributed by atoms with Crippen molar-refractivity contribution in [3.05, 3.63) is 42.2 Å². The smallest absolute Gasteiger partial charge is 0.257 e. The van der Waals surface area contributed by atoms with E-state index in [1.165, 1.54) is 12.4 Å². The highest BCUT2D eigenvalue weighted by molar-refractivity contribution is 5.93. The number of nitrogens with one attached hydrogen (secondary N) is 1. The van der Waals surface area contributed by atoms with Crippen LogP contribution in [0.5, 0.6) is 5.75 Å². The van der Waals surface area contributed by atoms with E-state index in [2.05, 4.69) is 15.3 Å². The number of ether oxygens (including phenoxy) is 1. The molecule has 26 heavy (non-hydrogen) atoms. The predicted octanol–water partition coefficient (Wildman–Crippen LogP) is 1.53. The van der Waals surface area contributed by atoms with Crippen molar-refractivity contribution in [1.29, 1.82) is 0 Å². The third kappa shape index (κ3) is 4.08. The number of carbonyl (C=O) groups is 2. The number of aromatic nitrogens is 2. The number of para-hydroxylation sites is 2. The van der Waals surface area contributed by atoms with E-state index in [0.717, 1.165) is 12.1 Å². The lowest BCUT2D eigenvalue weighted by Gasteiger charge is -2.32. The second kappa shape index (κ2) is 8.28. The first-order chi connectivity index (χ1) is 12.7. The Balaban J connectivity index is 1.65. The summed E-state index contributed by atoms with van der Waals surface area (Å²) in [6.07, 6.45) is 3.82. The van der Waals surface area contributed by atoms with Gasteiger partial charge < -0.3 is 19.9 Å². The molecule has 0 aliphatic carbocycles. The minimum Gasteiger partial charge on any atom is -0.492 e. The maximum atomic E-state index is 12.5. The molecule has 136 valence electrons. The molecule has 0 spiro atoms. The summed E-state index contributed by atoms with van der Waals surface area (Å²) >= 11 is 0. The topological polar surface area (TPSA) is 87.7 Å². The molecule has 0 atom stereocenters. The molecule has 1 aliphatic rings. The second-order valence-corrected chi connectivity index (χ2v) is 5.78. The number of anilines is 2. The van der Waals surface area contributed by atoms with Crippen molar-refractivity contribution in [2.45, 2.75) is 6.92 Å². The molecular formula is C18H21N5O3. The molecule has 2 amide bonds. The molecule has 2 heterocycles. The molecule has 2 aromatic rings.